The van der Waals surface area contributed by atoms with E-state index in [9.17, 15) is 19.0 Å². The first-order valence-corrected chi connectivity index (χ1v) is 24.2. The quantitative estimate of drug-likeness (QED) is 0.0163. The number of unbranched alkanes of at least 4 members (excludes halogenated alkanes) is 11. The number of hydrogen-bond donors (Lipinski definition) is 1. The molecule has 0 rings (SSSR count). The van der Waals surface area contributed by atoms with E-state index in [1.54, 1.807) is 0 Å². The van der Waals surface area contributed by atoms with Gasteiger partial charge in [-0.3, -0.25) is 18.6 Å². The van der Waals surface area contributed by atoms with E-state index in [1.807, 2.05) is 75.8 Å². The van der Waals surface area contributed by atoms with Crippen LogP contribution in [0.1, 0.15) is 142 Å². The van der Waals surface area contributed by atoms with E-state index in [4.69, 9.17) is 18.5 Å². The van der Waals surface area contributed by atoms with Gasteiger partial charge in [0.2, 0.25) is 0 Å². The van der Waals surface area contributed by atoms with Crippen LogP contribution >= 0.6 is 7.82 Å². The Hall–Kier alpha value is -3.33. The largest absolute Gasteiger partial charge is 0.472 e. The molecule has 340 valence electrons. The normalized spacial score (nSPS) is 14.6. The molecule has 0 aromatic carbocycles. The van der Waals surface area contributed by atoms with Gasteiger partial charge in [-0.15, -0.1) is 0 Å². The van der Waals surface area contributed by atoms with Crippen molar-refractivity contribution in [2.24, 2.45) is 0 Å². The Morgan fingerprint density at radius 3 is 1.57 bits per heavy atom. The van der Waals surface area contributed by atoms with Crippen LogP contribution in [0.4, 0.5) is 0 Å². The molecular weight excluding hydrogens is 774 g/mol. The van der Waals surface area contributed by atoms with Crippen LogP contribution in [0.25, 0.3) is 0 Å². The molecule has 0 aliphatic rings. The molecule has 0 saturated carbocycles. The Labute approximate surface area is 366 Å². The predicted octanol–water partition coefficient (Wildman–Crippen LogP) is 13.1. The number of rotatable bonds is 39. The van der Waals surface area contributed by atoms with Gasteiger partial charge in [-0.25, -0.2) is 4.57 Å². The summed E-state index contributed by atoms with van der Waals surface area (Å²) in [5.41, 5.74) is 0. The molecular formula is C50H83NO8P+. The number of carbonyl (C=O) groups excluding carboxylic acids is 2. The van der Waals surface area contributed by atoms with E-state index < -0.39 is 32.5 Å². The molecule has 0 spiro atoms. The van der Waals surface area contributed by atoms with Crippen LogP contribution in [0.3, 0.4) is 0 Å². The molecule has 0 fully saturated rings. The second-order valence-corrected chi connectivity index (χ2v) is 17.2. The number of allylic oxidation sites excluding steroid dienone is 18. The molecule has 0 aromatic heterocycles. The van der Waals surface area contributed by atoms with Crippen LogP contribution in [0.5, 0.6) is 0 Å². The van der Waals surface area contributed by atoms with Crippen molar-refractivity contribution in [3.05, 3.63) is 109 Å². The fourth-order valence-electron chi connectivity index (χ4n) is 5.45. The van der Waals surface area contributed by atoms with Crippen molar-refractivity contribution in [1.82, 2.24) is 0 Å². The lowest BCUT2D eigenvalue weighted by Crippen LogP contribution is -2.37. The van der Waals surface area contributed by atoms with Gasteiger partial charge in [0, 0.05) is 12.8 Å². The summed E-state index contributed by atoms with van der Waals surface area (Å²) in [6.45, 7) is 4.04. The Kier molecular flexibility index (Phi) is 38.8. The number of esters is 2. The molecule has 60 heavy (non-hydrogen) atoms. The average molecular weight is 857 g/mol. The Morgan fingerprint density at radius 2 is 1.00 bits per heavy atom. The number of nitrogens with zero attached hydrogens (tertiary/aromatic N) is 1. The number of phosphoric acid groups is 1. The summed E-state index contributed by atoms with van der Waals surface area (Å²) in [5.74, 6) is -0.902. The molecule has 9 nitrogen and oxygen atoms in total. The molecule has 0 saturated heterocycles. The molecule has 2 atom stereocenters. The van der Waals surface area contributed by atoms with Crippen LogP contribution < -0.4 is 0 Å². The molecule has 0 heterocycles. The summed E-state index contributed by atoms with van der Waals surface area (Å²) in [6.07, 6.45) is 55.9. The summed E-state index contributed by atoms with van der Waals surface area (Å²) in [6, 6.07) is 0. The highest BCUT2D eigenvalue weighted by molar-refractivity contribution is 7.47. The first-order valence-electron chi connectivity index (χ1n) is 22.7. The standard InChI is InChI=1S/C50H82NO8P/c1-6-8-10-12-14-16-18-20-21-22-23-24-25-26-27-28-29-31-32-34-36-38-40-42-49(52)56-46-48(47-58-60(54,55)57-45-44-51(3,4)5)59-50(53)43-41-39-37-35-33-30-19-17-15-13-11-9-7-2/h8-11,13-17,19-21,23-24,30,33,35,37,48H,6-7,12,18,22,25-29,31-32,34,36,38-47H2,1-5H3/p+1/b10-8+,11-9+,15-13+,16-14+,19-17+,21-20+,24-23+,33-30+,37-35+. The minimum Gasteiger partial charge on any atom is -0.462 e. The van der Waals surface area contributed by atoms with E-state index in [1.165, 1.54) is 38.5 Å². The summed E-state index contributed by atoms with van der Waals surface area (Å²) in [4.78, 5) is 35.3. The molecule has 0 aliphatic heterocycles. The molecule has 0 aromatic rings. The maximum Gasteiger partial charge on any atom is 0.472 e. The van der Waals surface area contributed by atoms with Crippen LogP contribution in [-0.4, -0.2) is 74.9 Å². The SMILES string of the molecule is CC/C=C/C=C/C=C/C=C/C=C/CCCC(=O)OC(COC(=O)CCCCCCCCCCCC/C=C/C/C=C/C/C=C/C/C=C/CC)COP(=O)(O)OCC[N+](C)(C)C. The maximum absolute atomic E-state index is 12.6. The average Bonchev–Trinajstić information content (AvgIpc) is 3.20. The minimum absolute atomic E-state index is 0.0111. The van der Waals surface area contributed by atoms with Crippen LogP contribution in [0.15, 0.2) is 109 Å². The van der Waals surface area contributed by atoms with Gasteiger partial charge < -0.3 is 18.9 Å². The lowest BCUT2D eigenvalue weighted by Gasteiger charge is -2.24. The van der Waals surface area contributed by atoms with E-state index in [0.717, 1.165) is 64.2 Å². The van der Waals surface area contributed by atoms with Crippen molar-refractivity contribution < 1.29 is 42.1 Å². The number of carbonyl (C=O) groups is 2. The second kappa shape index (κ2) is 41.0. The Morgan fingerprint density at radius 1 is 0.533 bits per heavy atom. The van der Waals surface area contributed by atoms with Gasteiger partial charge in [0.15, 0.2) is 6.10 Å². The third-order valence-electron chi connectivity index (χ3n) is 8.93. The van der Waals surface area contributed by atoms with Crippen LogP contribution in [0.2, 0.25) is 0 Å². The minimum atomic E-state index is -4.40. The van der Waals surface area contributed by atoms with Crippen molar-refractivity contribution >= 4 is 19.8 Å². The zero-order chi connectivity index (χ0) is 44.3. The first kappa shape index (κ1) is 56.7. The highest BCUT2D eigenvalue weighted by atomic mass is 31.2. The summed E-state index contributed by atoms with van der Waals surface area (Å²) in [7, 11) is 1.41. The monoisotopic (exact) mass is 857 g/mol. The first-order chi connectivity index (χ1) is 29.0. The smallest absolute Gasteiger partial charge is 0.462 e. The molecule has 0 bridgehead atoms. The predicted molar refractivity (Wildman–Crippen MR) is 251 cm³/mol. The summed E-state index contributed by atoms with van der Waals surface area (Å²) < 4.78 is 34.2. The van der Waals surface area contributed by atoms with Crippen LogP contribution in [-0.2, 0) is 32.7 Å². The Bertz CT molecular complexity index is 1380. The fourth-order valence-corrected chi connectivity index (χ4v) is 6.19. The third kappa shape index (κ3) is 44.2. The van der Waals surface area contributed by atoms with Gasteiger partial charge in [0.25, 0.3) is 0 Å². The van der Waals surface area contributed by atoms with Crippen molar-refractivity contribution in [1.29, 1.82) is 0 Å². The summed E-state index contributed by atoms with van der Waals surface area (Å²) >= 11 is 0. The fraction of sp³-hybridized carbons (Fsp3) is 0.600. The number of ether oxygens (including phenoxy) is 2. The number of quaternary nitrogens is 1. The lowest BCUT2D eigenvalue weighted by molar-refractivity contribution is -0.870. The zero-order valence-corrected chi connectivity index (χ0v) is 39.0. The van der Waals surface area contributed by atoms with Gasteiger partial charge in [0.05, 0.1) is 27.7 Å². The van der Waals surface area contributed by atoms with Crippen LogP contribution in [0, 0.1) is 0 Å². The van der Waals surface area contributed by atoms with Gasteiger partial charge >= 0.3 is 19.8 Å². The highest BCUT2D eigenvalue weighted by Crippen LogP contribution is 2.43. The van der Waals surface area contributed by atoms with Gasteiger partial charge in [0.1, 0.15) is 19.8 Å². The number of likely N-dealkylation sites (N-methyl/N-ethyl adjacent to an activating group) is 1. The van der Waals surface area contributed by atoms with Crippen molar-refractivity contribution in [3.63, 3.8) is 0 Å². The van der Waals surface area contributed by atoms with E-state index >= 15 is 0 Å². The van der Waals surface area contributed by atoms with Crippen molar-refractivity contribution in [3.8, 4) is 0 Å². The van der Waals surface area contributed by atoms with Gasteiger partial charge in [-0.2, -0.15) is 0 Å². The van der Waals surface area contributed by atoms with Gasteiger partial charge in [-0.05, 0) is 64.2 Å². The van der Waals surface area contributed by atoms with Crippen molar-refractivity contribution in [2.75, 3.05) is 47.5 Å². The third-order valence-corrected chi connectivity index (χ3v) is 9.91. The molecule has 0 aliphatic carbocycles. The molecule has 1 N–H and O–H groups in total. The highest BCUT2D eigenvalue weighted by Gasteiger charge is 2.27. The molecule has 2 unspecified atom stereocenters. The van der Waals surface area contributed by atoms with Crippen molar-refractivity contribution in [2.45, 2.75) is 148 Å². The van der Waals surface area contributed by atoms with E-state index in [-0.39, 0.29) is 26.1 Å². The number of phosphoric ester groups is 1. The van der Waals surface area contributed by atoms with Gasteiger partial charge in [-0.1, -0.05) is 175 Å². The Balaban J connectivity index is 4.36. The van der Waals surface area contributed by atoms with E-state index in [2.05, 4.69) is 68.5 Å². The second-order valence-electron chi connectivity index (χ2n) is 15.8. The summed E-state index contributed by atoms with van der Waals surface area (Å²) in [5, 5.41) is 0. The van der Waals surface area contributed by atoms with E-state index in [0.29, 0.717) is 23.9 Å². The molecule has 0 radical (unpaired) electrons. The zero-order valence-electron chi connectivity index (χ0n) is 38.1. The number of hydrogen-bond acceptors (Lipinski definition) is 7. The molecule has 0 amide bonds. The lowest BCUT2D eigenvalue weighted by atomic mass is 10.1. The topological polar surface area (TPSA) is 108 Å². The molecule has 10 heteroatoms. The maximum atomic E-state index is 12.6.